The largest absolute Gasteiger partial charge is 0.341 e. The number of benzene rings is 1. The van der Waals surface area contributed by atoms with Gasteiger partial charge in [0.05, 0.1) is 5.69 Å². The van der Waals surface area contributed by atoms with E-state index in [1.807, 2.05) is 11.0 Å². The molecule has 0 aliphatic carbocycles. The van der Waals surface area contributed by atoms with Crippen molar-refractivity contribution in [3.05, 3.63) is 28.8 Å². The van der Waals surface area contributed by atoms with Gasteiger partial charge in [0.2, 0.25) is 5.91 Å². The Kier molecular flexibility index (Phi) is 3.92. The van der Waals surface area contributed by atoms with Gasteiger partial charge < -0.3 is 4.90 Å². The van der Waals surface area contributed by atoms with E-state index in [1.54, 1.807) is 21.9 Å². The van der Waals surface area contributed by atoms with E-state index < -0.39 is 0 Å². The second-order valence-electron chi connectivity index (χ2n) is 6.33. The fourth-order valence-electron chi connectivity index (χ4n) is 3.54. The Balaban J connectivity index is 1.71. The Bertz CT molecular complexity index is 727. The molecule has 7 heteroatoms. The minimum Gasteiger partial charge on any atom is -0.341 e. The average Bonchev–Trinajstić information content (AvgIpc) is 3.13. The van der Waals surface area contributed by atoms with E-state index in [4.69, 9.17) is 11.6 Å². The topological polar surface area (TPSA) is 56.2 Å². The maximum absolute atomic E-state index is 12.9. The summed E-state index contributed by atoms with van der Waals surface area (Å²) in [6, 6.07) is 5.25. The number of urea groups is 1. The molecular formula is C17H19ClN4O2. The number of likely N-dealkylation sites (tertiary alicyclic amines) is 1. The van der Waals surface area contributed by atoms with Crippen LogP contribution in [0.15, 0.2) is 23.2 Å². The van der Waals surface area contributed by atoms with Gasteiger partial charge in [-0.3, -0.25) is 19.6 Å². The zero-order valence-corrected chi connectivity index (χ0v) is 14.1. The number of nitrogens with zero attached hydrogens (tertiary/aromatic N) is 4. The van der Waals surface area contributed by atoms with Crippen molar-refractivity contribution < 1.29 is 9.59 Å². The zero-order chi connectivity index (χ0) is 16.7. The summed E-state index contributed by atoms with van der Waals surface area (Å²) >= 11 is 6.14. The van der Waals surface area contributed by atoms with Crippen LogP contribution in [0.25, 0.3) is 0 Å². The monoisotopic (exact) mass is 346 g/mol. The van der Waals surface area contributed by atoms with Crippen LogP contribution in [0.1, 0.15) is 24.8 Å². The highest BCUT2D eigenvalue weighted by Crippen LogP contribution is 2.33. The number of carbonyl (C=O) groups excluding carboxylic acids is 2. The van der Waals surface area contributed by atoms with Crippen LogP contribution in [0.3, 0.4) is 0 Å². The van der Waals surface area contributed by atoms with E-state index in [0.717, 1.165) is 37.9 Å². The molecule has 0 unspecified atom stereocenters. The average molecular weight is 347 g/mol. The summed E-state index contributed by atoms with van der Waals surface area (Å²) in [5, 5.41) is 0.546. The van der Waals surface area contributed by atoms with Gasteiger partial charge in [-0.25, -0.2) is 4.79 Å². The first-order valence-corrected chi connectivity index (χ1v) is 8.74. The highest BCUT2D eigenvalue weighted by molar-refractivity contribution is 6.31. The molecule has 0 saturated carbocycles. The number of fused-ring (bicyclic) bond motifs is 3. The number of aliphatic imine (C=N–C) groups is 1. The summed E-state index contributed by atoms with van der Waals surface area (Å²) in [5.41, 5.74) is 1.55. The standard InChI is InChI=1S/C17H19ClN4O2/c18-12-4-5-13-14(10-12)22(11-15(23)20-7-1-2-8-20)17(24)21-9-3-6-19-16(13)21/h4-5,10H,1-3,6-9,11H2. The van der Waals surface area contributed by atoms with Gasteiger partial charge in [-0.1, -0.05) is 11.6 Å². The van der Waals surface area contributed by atoms with E-state index in [1.165, 1.54) is 0 Å². The van der Waals surface area contributed by atoms with Crippen LogP contribution in [0, 0.1) is 0 Å². The molecule has 0 spiro atoms. The van der Waals surface area contributed by atoms with Crippen molar-refractivity contribution in [3.8, 4) is 0 Å². The molecule has 6 nitrogen and oxygen atoms in total. The Labute approximate surface area is 145 Å². The molecule has 0 atom stereocenters. The summed E-state index contributed by atoms with van der Waals surface area (Å²) in [6.07, 6.45) is 2.90. The molecule has 4 rings (SSSR count). The third-order valence-electron chi connectivity index (χ3n) is 4.76. The molecule has 0 bridgehead atoms. The molecule has 1 aromatic rings. The summed E-state index contributed by atoms with van der Waals surface area (Å²) in [4.78, 5) is 35.1. The molecule has 1 fully saturated rings. The van der Waals surface area contributed by atoms with Crippen LogP contribution in [0.2, 0.25) is 5.02 Å². The predicted octanol–water partition coefficient (Wildman–Crippen LogP) is 2.35. The Morgan fingerprint density at radius 3 is 2.75 bits per heavy atom. The lowest BCUT2D eigenvalue weighted by Gasteiger charge is -2.39. The molecule has 3 aliphatic heterocycles. The van der Waals surface area contributed by atoms with Gasteiger partial charge in [0.1, 0.15) is 12.4 Å². The van der Waals surface area contributed by atoms with Crippen LogP contribution < -0.4 is 4.90 Å². The molecule has 3 heterocycles. The Morgan fingerprint density at radius 1 is 1.17 bits per heavy atom. The number of anilines is 1. The number of amides is 3. The maximum Gasteiger partial charge on any atom is 0.330 e. The molecule has 3 aliphatic rings. The van der Waals surface area contributed by atoms with Gasteiger partial charge in [-0.2, -0.15) is 0 Å². The van der Waals surface area contributed by atoms with Crippen molar-refractivity contribution in [2.75, 3.05) is 37.6 Å². The molecular weight excluding hydrogens is 328 g/mol. The minimum absolute atomic E-state index is 0.0100. The first kappa shape index (κ1) is 15.4. The van der Waals surface area contributed by atoms with E-state index in [0.29, 0.717) is 29.6 Å². The normalized spacial score (nSPS) is 20.0. The number of hydrogen-bond donors (Lipinski definition) is 0. The molecule has 0 N–H and O–H groups in total. The van der Waals surface area contributed by atoms with Crippen molar-refractivity contribution >= 4 is 35.1 Å². The lowest BCUT2D eigenvalue weighted by Crippen LogP contribution is -2.55. The maximum atomic E-state index is 12.9. The van der Waals surface area contributed by atoms with E-state index in [-0.39, 0.29) is 18.5 Å². The van der Waals surface area contributed by atoms with Gasteiger partial charge in [-0.15, -0.1) is 0 Å². The molecule has 24 heavy (non-hydrogen) atoms. The smallest absolute Gasteiger partial charge is 0.330 e. The molecule has 3 amide bonds. The van der Waals surface area contributed by atoms with Crippen molar-refractivity contribution in [1.29, 1.82) is 0 Å². The highest BCUT2D eigenvalue weighted by Gasteiger charge is 2.37. The summed E-state index contributed by atoms with van der Waals surface area (Å²) in [5.74, 6) is 0.687. The van der Waals surface area contributed by atoms with Gasteiger partial charge in [0.15, 0.2) is 0 Å². The number of rotatable bonds is 2. The molecule has 0 radical (unpaired) electrons. The van der Waals surface area contributed by atoms with Crippen LogP contribution in [0.4, 0.5) is 10.5 Å². The fourth-order valence-corrected chi connectivity index (χ4v) is 3.71. The van der Waals surface area contributed by atoms with Gasteiger partial charge >= 0.3 is 6.03 Å². The second kappa shape index (κ2) is 6.09. The SMILES string of the molecule is O=C(CN1C(=O)N2CCCN=C2c2ccc(Cl)cc21)N1CCCC1. The first-order valence-electron chi connectivity index (χ1n) is 8.36. The zero-order valence-electron chi connectivity index (χ0n) is 13.4. The number of halogens is 1. The first-order chi connectivity index (χ1) is 11.6. The van der Waals surface area contributed by atoms with Crippen molar-refractivity contribution in [2.24, 2.45) is 4.99 Å². The summed E-state index contributed by atoms with van der Waals surface area (Å²) in [6.45, 7) is 2.96. The molecule has 1 aromatic carbocycles. The Morgan fingerprint density at radius 2 is 1.96 bits per heavy atom. The quantitative estimate of drug-likeness (QED) is 0.825. The minimum atomic E-state index is -0.184. The summed E-state index contributed by atoms with van der Waals surface area (Å²) < 4.78 is 0. The molecule has 126 valence electrons. The van der Waals surface area contributed by atoms with Crippen LogP contribution in [-0.2, 0) is 4.79 Å². The number of carbonyl (C=O) groups is 2. The molecule has 0 aromatic heterocycles. The van der Waals surface area contributed by atoms with Crippen LogP contribution in [-0.4, -0.2) is 60.3 Å². The van der Waals surface area contributed by atoms with Gasteiger partial charge in [0, 0.05) is 36.8 Å². The second-order valence-corrected chi connectivity index (χ2v) is 6.77. The fraction of sp³-hybridized carbons (Fsp3) is 0.471. The van der Waals surface area contributed by atoms with E-state index >= 15 is 0 Å². The lowest BCUT2D eigenvalue weighted by molar-refractivity contribution is -0.128. The predicted molar refractivity (Wildman–Crippen MR) is 92.7 cm³/mol. The molecule has 1 saturated heterocycles. The van der Waals surface area contributed by atoms with Gasteiger partial charge in [-0.05, 0) is 37.5 Å². The van der Waals surface area contributed by atoms with Crippen molar-refractivity contribution in [2.45, 2.75) is 19.3 Å². The number of hydrogen-bond acceptors (Lipinski definition) is 3. The van der Waals surface area contributed by atoms with Gasteiger partial charge in [0.25, 0.3) is 0 Å². The van der Waals surface area contributed by atoms with Crippen LogP contribution >= 0.6 is 11.6 Å². The van der Waals surface area contributed by atoms with Crippen molar-refractivity contribution in [3.63, 3.8) is 0 Å². The number of amidine groups is 1. The van der Waals surface area contributed by atoms with Crippen LogP contribution in [0.5, 0.6) is 0 Å². The highest BCUT2D eigenvalue weighted by atomic mass is 35.5. The lowest BCUT2D eigenvalue weighted by atomic mass is 10.1. The van der Waals surface area contributed by atoms with E-state index in [9.17, 15) is 9.59 Å². The van der Waals surface area contributed by atoms with Crippen molar-refractivity contribution in [1.82, 2.24) is 9.80 Å². The van der Waals surface area contributed by atoms with E-state index in [2.05, 4.69) is 4.99 Å². The Hall–Kier alpha value is -2.08. The third kappa shape index (κ3) is 2.55. The third-order valence-corrected chi connectivity index (χ3v) is 5.00. The summed E-state index contributed by atoms with van der Waals surface area (Å²) in [7, 11) is 0.